The second-order valence-corrected chi connectivity index (χ2v) is 7.05. The summed E-state index contributed by atoms with van der Waals surface area (Å²) >= 11 is 0. The van der Waals surface area contributed by atoms with Crippen LogP contribution in [0.5, 0.6) is 5.75 Å². The maximum Gasteiger partial charge on any atom is 0.232 e. The van der Waals surface area contributed by atoms with Crippen molar-refractivity contribution in [3.05, 3.63) is 48.5 Å². The Morgan fingerprint density at radius 1 is 1.00 bits per heavy atom. The molecule has 124 valence electrons. The third kappa shape index (κ3) is 5.49. The molecule has 0 unspecified atom stereocenters. The van der Waals surface area contributed by atoms with Gasteiger partial charge in [0.1, 0.15) is 5.75 Å². The first-order valence-corrected chi connectivity index (χ1v) is 9.19. The van der Waals surface area contributed by atoms with Crippen molar-refractivity contribution in [2.75, 3.05) is 22.9 Å². The first kappa shape index (κ1) is 17.1. The first-order chi connectivity index (χ1) is 11.0. The topological polar surface area (TPSA) is 67.4 Å². The van der Waals surface area contributed by atoms with Crippen molar-refractivity contribution in [3.63, 3.8) is 0 Å². The van der Waals surface area contributed by atoms with E-state index in [9.17, 15) is 8.42 Å². The molecule has 0 saturated carbocycles. The molecule has 0 atom stereocenters. The third-order valence-electron chi connectivity index (χ3n) is 3.28. The predicted molar refractivity (Wildman–Crippen MR) is 95.0 cm³/mol. The molecule has 2 rings (SSSR count). The number of hydrogen-bond acceptors (Lipinski definition) is 4. The molecule has 0 aliphatic heterocycles. The highest BCUT2D eigenvalue weighted by Gasteiger charge is 2.09. The minimum atomic E-state index is -3.26. The van der Waals surface area contributed by atoms with E-state index in [1.807, 2.05) is 43.3 Å². The molecule has 0 saturated heterocycles. The SMILES string of the molecule is CCCCS(=O)(=O)Nc1ccc(Nc2cccc(OC)c2)cc1. The van der Waals surface area contributed by atoms with E-state index in [1.54, 1.807) is 19.2 Å². The van der Waals surface area contributed by atoms with Crippen LogP contribution in [0.1, 0.15) is 19.8 Å². The van der Waals surface area contributed by atoms with Gasteiger partial charge in [-0.15, -0.1) is 0 Å². The van der Waals surface area contributed by atoms with E-state index in [2.05, 4.69) is 10.0 Å². The van der Waals surface area contributed by atoms with E-state index in [-0.39, 0.29) is 5.75 Å². The summed E-state index contributed by atoms with van der Waals surface area (Å²) in [6.07, 6.45) is 1.51. The largest absolute Gasteiger partial charge is 0.497 e. The normalized spacial score (nSPS) is 11.0. The number of sulfonamides is 1. The van der Waals surface area contributed by atoms with Gasteiger partial charge in [-0.3, -0.25) is 4.72 Å². The molecule has 2 aromatic rings. The number of methoxy groups -OCH3 is 1. The van der Waals surface area contributed by atoms with E-state index < -0.39 is 10.0 Å². The van der Waals surface area contributed by atoms with Crippen LogP contribution in [0.25, 0.3) is 0 Å². The summed E-state index contributed by atoms with van der Waals surface area (Å²) < 4.78 is 31.5. The van der Waals surface area contributed by atoms with Gasteiger partial charge in [0.15, 0.2) is 0 Å². The van der Waals surface area contributed by atoms with Crippen LogP contribution in [-0.2, 0) is 10.0 Å². The molecule has 2 N–H and O–H groups in total. The van der Waals surface area contributed by atoms with Crippen LogP contribution in [0, 0.1) is 0 Å². The van der Waals surface area contributed by atoms with Gasteiger partial charge in [-0.1, -0.05) is 19.4 Å². The third-order valence-corrected chi connectivity index (χ3v) is 4.66. The fourth-order valence-electron chi connectivity index (χ4n) is 2.05. The zero-order valence-electron chi connectivity index (χ0n) is 13.4. The summed E-state index contributed by atoms with van der Waals surface area (Å²) in [5.41, 5.74) is 2.34. The molecule has 0 radical (unpaired) electrons. The smallest absolute Gasteiger partial charge is 0.232 e. The molecule has 2 aromatic carbocycles. The standard InChI is InChI=1S/C17H22N2O3S/c1-3-4-12-23(20,21)19-15-10-8-14(9-11-15)18-16-6-5-7-17(13-16)22-2/h5-11,13,18-19H,3-4,12H2,1-2H3. The van der Waals surface area contributed by atoms with Gasteiger partial charge < -0.3 is 10.1 Å². The van der Waals surface area contributed by atoms with Crippen LogP contribution in [-0.4, -0.2) is 21.3 Å². The van der Waals surface area contributed by atoms with Crippen molar-refractivity contribution in [1.82, 2.24) is 0 Å². The lowest BCUT2D eigenvalue weighted by molar-refractivity contribution is 0.415. The zero-order valence-corrected chi connectivity index (χ0v) is 14.2. The lowest BCUT2D eigenvalue weighted by Crippen LogP contribution is -2.16. The number of hydrogen-bond donors (Lipinski definition) is 2. The second kappa shape index (κ2) is 7.87. The quantitative estimate of drug-likeness (QED) is 0.766. The summed E-state index contributed by atoms with van der Waals surface area (Å²) in [5, 5.41) is 3.25. The van der Waals surface area contributed by atoms with Crippen molar-refractivity contribution in [1.29, 1.82) is 0 Å². The fraction of sp³-hybridized carbons (Fsp3) is 0.294. The van der Waals surface area contributed by atoms with Gasteiger partial charge in [0.2, 0.25) is 10.0 Å². The highest BCUT2D eigenvalue weighted by atomic mass is 32.2. The van der Waals surface area contributed by atoms with E-state index in [1.165, 1.54) is 0 Å². The van der Waals surface area contributed by atoms with Crippen LogP contribution in [0.4, 0.5) is 17.1 Å². The molecule has 0 bridgehead atoms. The van der Waals surface area contributed by atoms with Crippen molar-refractivity contribution < 1.29 is 13.2 Å². The Hall–Kier alpha value is -2.21. The lowest BCUT2D eigenvalue weighted by atomic mass is 10.2. The molecule has 0 aliphatic carbocycles. The highest BCUT2D eigenvalue weighted by Crippen LogP contribution is 2.22. The molecule has 0 spiro atoms. The van der Waals surface area contributed by atoms with Crippen LogP contribution >= 0.6 is 0 Å². The molecule has 0 aromatic heterocycles. The Morgan fingerprint density at radius 2 is 1.70 bits per heavy atom. The number of benzene rings is 2. The van der Waals surface area contributed by atoms with Gasteiger partial charge >= 0.3 is 0 Å². The molecular formula is C17H22N2O3S. The van der Waals surface area contributed by atoms with E-state index in [0.717, 1.165) is 23.5 Å². The number of anilines is 3. The Morgan fingerprint density at radius 3 is 2.35 bits per heavy atom. The minimum absolute atomic E-state index is 0.146. The Balaban J connectivity index is 2.01. The molecule has 5 nitrogen and oxygen atoms in total. The van der Waals surface area contributed by atoms with Crippen LogP contribution < -0.4 is 14.8 Å². The zero-order chi connectivity index (χ0) is 16.7. The van der Waals surface area contributed by atoms with E-state index in [0.29, 0.717) is 12.1 Å². The number of nitrogens with one attached hydrogen (secondary N) is 2. The van der Waals surface area contributed by atoms with Gasteiger partial charge in [0.05, 0.1) is 12.9 Å². The number of rotatable bonds is 8. The lowest BCUT2D eigenvalue weighted by Gasteiger charge is -2.10. The van der Waals surface area contributed by atoms with Crippen molar-refractivity contribution in [3.8, 4) is 5.75 Å². The minimum Gasteiger partial charge on any atom is -0.497 e. The van der Waals surface area contributed by atoms with Crippen molar-refractivity contribution in [2.24, 2.45) is 0 Å². The Bertz CT molecular complexity index is 728. The number of unbranched alkanes of at least 4 members (excludes halogenated alkanes) is 1. The Labute approximate surface area is 137 Å². The molecule has 6 heteroatoms. The molecular weight excluding hydrogens is 312 g/mol. The molecule has 0 heterocycles. The Kier molecular flexibility index (Phi) is 5.87. The van der Waals surface area contributed by atoms with E-state index >= 15 is 0 Å². The second-order valence-electron chi connectivity index (χ2n) is 5.21. The maximum absolute atomic E-state index is 11.9. The van der Waals surface area contributed by atoms with Gasteiger partial charge in [-0.2, -0.15) is 0 Å². The molecule has 0 amide bonds. The summed E-state index contributed by atoms with van der Waals surface area (Å²) in [6, 6.07) is 14.7. The average Bonchev–Trinajstić information content (AvgIpc) is 2.55. The number of ether oxygens (including phenoxy) is 1. The summed E-state index contributed by atoms with van der Waals surface area (Å²) in [7, 11) is -1.64. The first-order valence-electron chi connectivity index (χ1n) is 7.54. The molecule has 0 fully saturated rings. The van der Waals surface area contributed by atoms with Crippen molar-refractivity contribution >= 4 is 27.1 Å². The summed E-state index contributed by atoms with van der Waals surface area (Å²) in [4.78, 5) is 0. The predicted octanol–water partition coefficient (Wildman–Crippen LogP) is 3.98. The van der Waals surface area contributed by atoms with Crippen LogP contribution in [0.2, 0.25) is 0 Å². The van der Waals surface area contributed by atoms with E-state index in [4.69, 9.17) is 4.74 Å². The van der Waals surface area contributed by atoms with Crippen molar-refractivity contribution in [2.45, 2.75) is 19.8 Å². The monoisotopic (exact) mass is 334 g/mol. The summed E-state index contributed by atoms with van der Waals surface area (Å²) in [6.45, 7) is 1.97. The van der Waals surface area contributed by atoms with Gasteiger partial charge in [0.25, 0.3) is 0 Å². The fourth-order valence-corrected chi connectivity index (χ4v) is 3.32. The van der Waals surface area contributed by atoms with Crippen LogP contribution in [0.15, 0.2) is 48.5 Å². The maximum atomic E-state index is 11.9. The summed E-state index contributed by atoms with van der Waals surface area (Å²) in [5.74, 6) is 0.920. The molecule has 0 aliphatic rings. The molecule has 23 heavy (non-hydrogen) atoms. The highest BCUT2D eigenvalue weighted by molar-refractivity contribution is 7.92. The van der Waals surface area contributed by atoms with Gasteiger partial charge in [0, 0.05) is 23.1 Å². The average molecular weight is 334 g/mol. The van der Waals surface area contributed by atoms with Gasteiger partial charge in [-0.05, 0) is 42.8 Å². The van der Waals surface area contributed by atoms with Crippen LogP contribution in [0.3, 0.4) is 0 Å². The van der Waals surface area contributed by atoms with Gasteiger partial charge in [-0.25, -0.2) is 8.42 Å².